The minimum absolute atomic E-state index is 0.0266. The Bertz CT molecular complexity index is 1020. The predicted octanol–water partition coefficient (Wildman–Crippen LogP) is 5.20. The lowest BCUT2D eigenvalue weighted by molar-refractivity contribution is 0.102. The topological polar surface area (TPSA) is 65.2 Å². The number of thioether (sulfide) groups is 1. The second-order valence-corrected chi connectivity index (χ2v) is 7.93. The lowest BCUT2D eigenvalue weighted by Crippen LogP contribution is -2.07. The van der Waals surface area contributed by atoms with Gasteiger partial charge in [-0.1, -0.05) is 36.0 Å². The number of aryl methyl sites for hydroxylation is 2. The van der Waals surface area contributed by atoms with Gasteiger partial charge in [0, 0.05) is 5.56 Å². The number of nitrogens with zero attached hydrogens (tertiary/aromatic N) is 2. The first-order valence-corrected chi connectivity index (χ1v) is 10.6. The number of benzene rings is 2. The lowest BCUT2D eigenvalue weighted by Gasteiger charge is -2.16. The summed E-state index contributed by atoms with van der Waals surface area (Å²) in [5.41, 5.74) is 3.35. The molecule has 29 heavy (non-hydrogen) atoms. The fraction of sp³-hybridized carbons (Fsp3) is 0.318. The van der Waals surface area contributed by atoms with E-state index in [0.29, 0.717) is 5.56 Å². The van der Waals surface area contributed by atoms with Crippen LogP contribution in [0.2, 0.25) is 0 Å². The molecule has 0 radical (unpaired) electrons. The van der Waals surface area contributed by atoms with E-state index >= 15 is 0 Å². The van der Waals surface area contributed by atoms with E-state index in [1.807, 2.05) is 12.1 Å². The zero-order valence-electron chi connectivity index (χ0n) is 16.1. The average Bonchev–Trinajstić information content (AvgIpc) is 3.22. The fourth-order valence-electron chi connectivity index (χ4n) is 3.34. The standard InChI is InChI=1S/C22H21FN2O3S/c1-14(27-20-9-5-4-8-18(20)23)21-24-25-22(28-21)29-13-19(26)17-11-10-15-6-2-3-7-16(15)12-17/h4-5,8-12,14H,2-3,6-7,13H2,1H3/t14-/m1/s1. The van der Waals surface area contributed by atoms with Crippen LogP contribution in [-0.2, 0) is 12.8 Å². The van der Waals surface area contributed by atoms with Crippen molar-refractivity contribution in [3.8, 4) is 5.75 Å². The molecule has 0 amide bonds. The highest BCUT2D eigenvalue weighted by molar-refractivity contribution is 7.99. The SMILES string of the molecule is C[C@@H](Oc1ccccc1F)c1nnc(SCC(=O)c2ccc3c(c2)CCCC3)o1. The maximum Gasteiger partial charge on any atom is 0.277 e. The van der Waals surface area contributed by atoms with Crippen molar-refractivity contribution in [2.24, 2.45) is 0 Å². The molecular formula is C22H21FN2O3S. The number of Topliss-reactive ketones (excluding diaryl/α,β-unsaturated/α-hetero) is 1. The summed E-state index contributed by atoms with van der Waals surface area (Å²) in [5.74, 6) is 0.137. The smallest absolute Gasteiger partial charge is 0.277 e. The number of carbonyl (C=O) groups is 1. The molecule has 1 aliphatic rings. The van der Waals surface area contributed by atoms with Gasteiger partial charge in [-0.15, -0.1) is 10.2 Å². The summed E-state index contributed by atoms with van der Waals surface area (Å²) in [6.45, 7) is 1.70. The Hall–Kier alpha value is -2.67. The highest BCUT2D eigenvalue weighted by Gasteiger charge is 2.19. The van der Waals surface area contributed by atoms with E-state index < -0.39 is 11.9 Å². The molecule has 3 aromatic rings. The van der Waals surface area contributed by atoms with Gasteiger partial charge in [0.25, 0.3) is 11.1 Å². The summed E-state index contributed by atoms with van der Waals surface area (Å²) >= 11 is 1.19. The number of ketones is 1. The third-order valence-corrected chi connectivity index (χ3v) is 5.73. The van der Waals surface area contributed by atoms with Crippen molar-refractivity contribution < 1.29 is 18.3 Å². The molecule has 7 heteroatoms. The Labute approximate surface area is 172 Å². The Balaban J connectivity index is 1.35. The Morgan fingerprint density at radius 1 is 1.17 bits per heavy atom. The van der Waals surface area contributed by atoms with Crippen molar-refractivity contribution >= 4 is 17.5 Å². The van der Waals surface area contributed by atoms with Gasteiger partial charge >= 0.3 is 0 Å². The molecule has 1 aliphatic carbocycles. The van der Waals surface area contributed by atoms with Gasteiger partial charge in [-0.05, 0) is 61.9 Å². The van der Waals surface area contributed by atoms with E-state index in [-0.39, 0.29) is 28.4 Å². The number of ether oxygens (including phenoxy) is 1. The van der Waals surface area contributed by atoms with Gasteiger partial charge in [0.15, 0.2) is 23.5 Å². The highest BCUT2D eigenvalue weighted by Crippen LogP contribution is 2.27. The summed E-state index contributed by atoms with van der Waals surface area (Å²) in [4.78, 5) is 12.5. The molecule has 0 aliphatic heterocycles. The van der Waals surface area contributed by atoms with Crippen molar-refractivity contribution in [3.63, 3.8) is 0 Å². The molecule has 0 N–H and O–H groups in total. The van der Waals surface area contributed by atoms with Gasteiger partial charge in [0.1, 0.15) is 0 Å². The van der Waals surface area contributed by atoms with E-state index in [4.69, 9.17) is 9.15 Å². The van der Waals surface area contributed by atoms with Crippen LogP contribution in [0.3, 0.4) is 0 Å². The summed E-state index contributed by atoms with van der Waals surface area (Å²) in [7, 11) is 0. The number of para-hydroxylation sites is 1. The molecule has 150 valence electrons. The maximum atomic E-state index is 13.7. The maximum absolute atomic E-state index is 13.7. The monoisotopic (exact) mass is 412 g/mol. The van der Waals surface area contributed by atoms with E-state index in [2.05, 4.69) is 16.3 Å². The van der Waals surface area contributed by atoms with Crippen LogP contribution in [0.4, 0.5) is 4.39 Å². The van der Waals surface area contributed by atoms with Crippen LogP contribution < -0.4 is 4.74 Å². The number of fused-ring (bicyclic) bond motifs is 1. The van der Waals surface area contributed by atoms with Crippen LogP contribution in [0.25, 0.3) is 0 Å². The number of rotatable bonds is 7. The summed E-state index contributed by atoms with van der Waals surface area (Å²) in [5, 5.41) is 8.20. The number of aromatic nitrogens is 2. The van der Waals surface area contributed by atoms with Gasteiger partial charge in [-0.25, -0.2) is 4.39 Å². The van der Waals surface area contributed by atoms with Crippen LogP contribution >= 0.6 is 11.8 Å². The Morgan fingerprint density at radius 3 is 2.79 bits per heavy atom. The quantitative estimate of drug-likeness (QED) is 0.392. The Morgan fingerprint density at radius 2 is 1.97 bits per heavy atom. The zero-order valence-corrected chi connectivity index (χ0v) is 16.9. The minimum Gasteiger partial charge on any atom is -0.478 e. The fourth-order valence-corrected chi connectivity index (χ4v) is 4.01. The molecular weight excluding hydrogens is 391 g/mol. The number of halogens is 1. The van der Waals surface area contributed by atoms with E-state index in [9.17, 15) is 9.18 Å². The molecule has 0 unspecified atom stereocenters. The predicted molar refractivity (Wildman–Crippen MR) is 108 cm³/mol. The first-order valence-electron chi connectivity index (χ1n) is 9.62. The van der Waals surface area contributed by atoms with Crippen LogP contribution in [-0.4, -0.2) is 21.7 Å². The van der Waals surface area contributed by atoms with E-state index in [1.165, 1.54) is 47.9 Å². The first-order chi connectivity index (χ1) is 14.1. The van der Waals surface area contributed by atoms with Crippen LogP contribution in [0, 0.1) is 5.82 Å². The molecule has 1 aromatic heterocycles. The average molecular weight is 412 g/mol. The number of hydrogen-bond donors (Lipinski definition) is 0. The van der Waals surface area contributed by atoms with Gasteiger partial charge in [0.05, 0.1) is 5.75 Å². The summed E-state index contributed by atoms with van der Waals surface area (Å²) in [6.07, 6.45) is 3.92. The van der Waals surface area contributed by atoms with Gasteiger partial charge < -0.3 is 9.15 Å². The van der Waals surface area contributed by atoms with Crippen molar-refractivity contribution in [1.82, 2.24) is 10.2 Å². The number of carbonyl (C=O) groups excluding carboxylic acids is 1. The van der Waals surface area contributed by atoms with Crippen LogP contribution in [0.5, 0.6) is 5.75 Å². The first kappa shape index (κ1) is 19.6. The van der Waals surface area contributed by atoms with Crippen molar-refractivity contribution in [2.75, 3.05) is 5.75 Å². The van der Waals surface area contributed by atoms with Crippen molar-refractivity contribution in [1.29, 1.82) is 0 Å². The Kier molecular flexibility index (Phi) is 5.94. The largest absolute Gasteiger partial charge is 0.478 e. The van der Waals surface area contributed by atoms with E-state index in [1.54, 1.807) is 19.1 Å². The third-order valence-electron chi connectivity index (χ3n) is 4.91. The van der Waals surface area contributed by atoms with Gasteiger partial charge in [-0.3, -0.25) is 4.79 Å². The molecule has 0 saturated carbocycles. The second kappa shape index (κ2) is 8.78. The third kappa shape index (κ3) is 4.67. The normalized spacial score (nSPS) is 14.3. The molecule has 0 spiro atoms. The summed E-state index contributed by atoms with van der Waals surface area (Å²) in [6, 6.07) is 12.1. The van der Waals surface area contributed by atoms with Crippen molar-refractivity contribution in [3.05, 3.63) is 70.9 Å². The highest BCUT2D eigenvalue weighted by atomic mass is 32.2. The van der Waals surface area contributed by atoms with Gasteiger partial charge in [-0.2, -0.15) is 0 Å². The molecule has 0 fully saturated rings. The van der Waals surface area contributed by atoms with Crippen LogP contribution in [0.15, 0.2) is 52.1 Å². The minimum atomic E-state index is -0.606. The molecule has 5 nitrogen and oxygen atoms in total. The number of hydrogen-bond acceptors (Lipinski definition) is 6. The molecule has 1 atom stereocenters. The van der Waals surface area contributed by atoms with Crippen molar-refractivity contribution in [2.45, 2.75) is 43.9 Å². The lowest BCUT2D eigenvalue weighted by atomic mass is 9.90. The second-order valence-electron chi connectivity index (χ2n) is 7.00. The molecule has 2 aromatic carbocycles. The van der Waals surface area contributed by atoms with Crippen LogP contribution in [0.1, 0.15) is 53.2 Å². The molecule has 1 heterocycles. The molecule has 0 saturated heterocycles. The zero-order chi connectivity index (χ0) is 20.2. The molecule has 4 rings (SSSR count). The summed E-state index contributed by atoms with van der Waals surface area (Å²) < 4.78 is 24.8. The van der Waals surface area contributed by atoms with Gasteiger partial charge in [0.2, 0.25) is 0 Å². The van der Waals surface area contributed by atoms with E-state index in [0.717, 1.165) is 12.8 Å². The molecule has 0 bridgehead atoms.